The second-order valence-electron chi connectivity index (χ2n) is 6.83. The van der Waals surface area contributed by atoms with Gasteiger partial charge in [0.2, 0.25) is 0 Å². The number of hydrogen-bond acceptors (Lipinski definition) is 4. The number of benzene rings is 1. The maximum absolute atomic E-state index is 12.7. The minimum Gasteiger partial charge on any atom is -0.483 e. The molecule has 1 rings (SSSR count). The molecule has 0 aromatic heterocycles. The van der Waals surface area contributed by atoms with Crippen molar-refractivity contribution in [2.24, 2.45) is 5.92 Å². The number of rotatable bonds is 11. The van der Waals surface area contributed by atoms with Crippen molar-refractivity contribution in [1.82, 2.24) is 4.90 Å². The molecular formula is C21H33NO4. The summed E-state index contributed by atoms with van der Waals surface area (Å²) in [5.74, 6) is 0.00931. The fourth-order valence-electron chi connectivity index (χ4n) is 2.91. The predicted octanol–water partition coefficient (Wildman–Crippen LogP) is 3.90. The van der Waals surface area contributed by atoms with Crippen molar-refractivity contribution in [3.05, 3.63) is 29.3 Å². The Morgan fingerprint density at radius 3 is 2.35 bits per heavy atom. The van der Waals surface area contributed by atoms with Gasteiger partial charge in [0.25, 0.3) is 5.91 Å². The van der Waals surface area contributed by atoms with E-state index in [0.29, 0.717) is 13.1 Å². The normalized spacial score (nSPS) is 11.7. The van der Waals surface area contributed by atoms with E-state index < -0.39 is 0 Å². The number of carbonyl (C=O) groups is 2. The average molecular weight is 363 g/mol. The van der Waals surface area contributed by atoms with Gasteiger partial charge in [-0.25, -0.2) is 0 Å². The van der Waals surface area contributed by atoms with Crippen LogP contribution in [-0.2, 0) is 14.3 Å². The van der Waals surface area contributed by atoms with Crippen molar-refractivity contribution in [3.8, 4) is 5.75 Å². The summed E-state index contributed by atoms with van der Waals surface area (Å²) in [6.07, 6.45) is 4.29. The Morgan fingerprint density at radius 1 is 1.12 bits per heavy atom. The summed E-state index contributed by atoms with van der Waals surface area (Å²) in [7, 11) is 1.37. The molecule has 0 aliphatic rings. The molecule has 1 aromatic carbocycles. The first kappa shape index (κ1) is 22.0. The quantitative estimate of drug-likeness (QED) is 0.442. The Hall–Kier alpha value is -2.04. The number of methoxy groups -OCH3 is 1. The predicted molar refractivity (Wildman–Crippen MR) is 103 cm³/mol. The fraction of sp³-hybridized carbons (Fsp3) is 0.619. The van der Waals surface area contributed by atoms with Crippen molar-refractivity contribution < 1.29 is 19.1 Å². The summed E-state index contributed by atoms with van der Waals surface area (Å²) in [4.78, 5) is 26.1. The number of hydrogen-bond donors (Lipinski definition) is 0. The highest BCUT2D eigenvalue weighted by Gasteiger charge is 2.22. The number of aryl methyl sites for hydroxylation is 2. The number of unbranched alkanes of at least 4 members (excludes halogenated alkanes) is 3. The number of carbonyl (C=O) groups excluding carboxylic acids is 2. The smallest absolute Gasteiger partial charge is 0.310 e. The van der Waals surface area contributed by atoms with Crippen molar-refractivity contribution in [2.75, 3.05) is 26.8 Å². The first-order valence-electron chi connectivity index (χ1n) is 9.45. The van der Waals surface area contributed by atoms with E-state index in [1.807, 2.05) is 32.0 Å². The average Bonchev–Trinajstić information content (AvgIpc) is 2.62. The van der Waals surface area contributed by atoms with E-state index in [1.54, 1.807) is 11.8 Å². The van der Waals surface area contributed by atoms with Gasteiger partial charge in [0, 0.05) is 13.1 Å². The van der Waals surface area contributed by atoms with Gasteiger partial charge in [-0.2, -0.15) is 0 Å². The largest absolute Gasteiger partial charge is 0.483 e. The molecule has 1 amide bonds. The van der Waals surface area contributed by atoms with E-state index in [0.717, 1.165) is 42.6 Å². The Kier molecular flexibility index (Phi) is 9.78. The van der Waals surface area contributed by atoms with Gasteiger partial charge in [-0.15, -0.1) is 0 Å². The second-order valence-corrected chi connectivity index (χ2v) is 6.83. The molecule has 0 aliphatic carbocycles. The highest BCUT2D eigenvalue weighted by molar-refractivity contribution is 5.79. The first-order chi connectivity index (χ1) is 12.4. The highest BCUT2D eigenvalue weighted by Crippen LogP contribution is 2.22. The van der Waals surface area contributed by atoms with Crippen LogP contribution in [0.2, 0.25) is 0 Å². The van der Waals surface area contributed by atoms with Gasteiger partial charge in [-0.1, -0.05) is 51.3 Å². The van der Waals surface area contributed by atoms with Crippen LogP contribution in [0.25, 0.3) is 0 Å². The molecule has 0 saturated carbocycles. The number of nitrogens with zero attached hydrogens (tertiary/aromatic N) is 1. The number of esters is 1. The maximum atomic E-state index is 12.7. The fourth-order valence-corrected chi connectivity index (χ4v) is 2.91. The third kappa shape index (κ3) is 7.06. The van der Waals surface area contributed by atoms with Crippen LogP contribution in [0, 0.1) is 19.8 Å². The van der Waals surface area contributed by atoms with Gasteiger partial charge < -0.3 is 14.4 Å². The van der Waals surface area contributed by atoms with Crippen LogP contribution >= 0.6 is 0 Å². The lowest BCUT2D eigenvalue weighted by atomic mass is 10.1. The summed E-state index contributed by atoms with van der Waals surface area (Å²) < 4.78 is 10.6. The van der Waals surface area contributed by atoms with E-state index in [9.17, 15) is 9.59 Å². The molecule has 1 atom stereocenters. The minimum atomic E-state index is -0.352. The Morgan fingerprint density at radius 2 is 1.77 bits per heavy atom. The summed E-state index contributed by atoms with van der Waals surface area (Å²) >= 11 is 0. The second kappa shape index (κ2) is 11.6. The van der Waals surface area contributed by atoms with Gasteiger partial charge in [-0.05, 0) is 31.4 Å². The van der Waals surface area contributed by atoms with Gasteiger partial charge in [-0.3, -0.25) is 9.59 Å². The molecule has 5 nitrogen and oxygen atoms in total. The van der Waals surface area contributed by atoms with Crippen LogP contribution in [0.4, 0.5) is 0 Å². The molecule has 0 fully saturated rings. The standard InChI is InChI=1S/C21H33NO4/c1-6-7-8-9-13-22(14-18(4)21(24)25-5)19(23)15-26-20-16(2)11-10-12-17(20)3/h10-12,18H,6-9,13-15H2,1-5H3. The molecule has 0 N–H and O–H groups in total. The lowest BCUT2D eigenvalue weighted by molar-refractivity contribution is -0.146. The minimum absolute atomic E-state index is 0.0205. The van der Waals surface area contributed by atoms with Gasteiger partial charge in [0.05, 0.1) is 13.0 Å². The van der Waals surface area contributed by atoms with E-state index in [4.69, 9.17) is 9.47 Å². The lowest BCUT2D eigenvalue weighted by Gasteiger charge is -2.25. The third-order valence-electron chi connectivity index (χ3n) is 4.48. The molecule has 0 bridgehead atoms. The Bertz CT molecular complexity index is 565. The lowest BCUT2D eigenvalue weighted by Crippen LogP contribution is -2.40. The Balaban J connectivity index is 2.70. The van der Waals surface area contributed by atoms with Crippen LogP contribution in [0.15, 0.2) is 18.2 Å². The summed E-state index contributed by atoms with van der Waals surface area (Å²) in [6, 6.07) is 5.90. The van der Waals surface area contributed by atoms with Crippen molar-refractivity contribution >= 4 is 11.9 Å². The summed E-state index contributed by atoms with van der Waals surface area (Å²) in [5, 5.41) is 0. The molecular weight excluding hydrogens is 330 g/mol. The third-order valence-corrected chi connectivity index (χ3v) is 4.48. The zero-order valence-electron chi connectivity index (χ0n) is 16.8. The van der Waals surface area contributed by atoms with Crippen molar-refractivity contribution in [3.63, 3.8) is 0 Å². The maximum Gasteiger partial charge on any atom is 0.310 e. The first-order valence-corrected chi connectivity index (χ1v) is 9.45. The van der Waals surface area contributed by atoms with Crippen molar-refractivity contribution in [2.45, 2.75) is 53.4 Å². The van der Waals surface area contributed by atoms with Crippen molar-refractivity contribution in [1.29, 1.82) is 0 Å². The molecule has 0 heterocycles. The van der Waals surface area contributed by atoms with Crippen LogP contribution in [-0.4, -0.2) is 43.6 Å². The molecule has 26 heavy (non-hydrogen) atoms. The zero-order chi connectivity index (χ0) is 19.5. The van der Waals surface area contributed by atoms with E-state index >= 15 is 0 Å². The highest BCUT2D eigenvalue weighted by atomic mass is 16.5. The Labute approximate surface area is 157 Å². The van der Waals surface area contributed by atoms with E-state index in [-0.39, 0.29) is 24.4 Å². The molecule has 0 saturated heterocycles. The molecule has 5 heteroatoms. The van der Waals surface area contributed by atoms with Gasteiger partial charge in [0.1, 0.15) is 5.75 Å². The van der Waals surface area contributed by atoms with Crippen LogP contribution in [0.5, 0.6) is 5.75 Å². The van der Waals surface area contributed by atoms with E-state index in [2.05, 4.69) is 6.92 Å². The molecule has 0 radical (unpaired) electrons. The summed E-state index contributed by atoms with van der Waals surface area (Å²) in [6.45, 7) is 8.84. The SMILES string of the molecule is CCCCCCN(CC(C)C(=O)OC)C(=O)COc1c(C)cccc1C. The number of para-hydroxylation sites is 1. The zero-order valence-corrected chi connectivity index (χ0v) is 16.8. The molecule has 0 aliphatic heterocycles. The van der Waals surface area contributed by atoms with E-state index in [1.165, 1.54) is 7.11 Å². The van der Waals surface area contributed by atoms with Crippen LogP contribution < -0.4 is 4.74 Å². The molecule has 0 spiro atoms. The summed E-state index contributed by atoms with van der Waals surface area (Å²) in [5.41, 5.74) is 2.02. The number of amides is 1. The molecule has 1 unspecified atom stereocenters. The molecule has 146 valence electrons. The molecule has 1 aromatic rings. The van der Waals surface area contributed by atoms with Crippen LogP contribution in [0.1, 0.15) is 50.7 Å². The monoisotopic (exact) mass is 363 g/mol. The topological polar surface area (TPSA) is 55.8 Å². The van der Waals surface area contributed by atoms with Gasteiger partial charge in [0.15, 0.2) is 6.61 Å². The van der Waals surface area contributed by atoms with Crippen LogP contribution in [0.3, 0.4) is 0 Å². The van der Waals surface area contributed by atoms with Gasteiger partial charge >= 0.3 is 5.97 Å². The number of ether oxygens (including phenoxy) is 2.